The van der Waals surface area contributed by atoms with Crippen LogP contribution in [0.15, 0.2) is 100 Å². The van der Waals surface area contributed by atoms with Crippen LogP contribution < -0.4 is 15.7 Å². The van der Waals surface area contributed by atoms with E-state index in [-0.39, 0.29) is 47.7 Å². The van der Waals surface area contributed by atoms with E-state index in [0.29, 0.717) is 17.1 Å². The Morgan fingerprint density at radius 2 is 1.78 bits per heavy atom. The maximum absolute atomic E-state index is 14.2. The van der Waals surface area contributed by atoms with Crippen LogP contribution >= 0.6 is 15.9 Å². The topological polar surface area (TPSA) is 119 Å². The van der Waals surface area contributed by atoms with E-state index in [4.69, 9.17) is 4.74 Å². The van der Waals surface area contributed by atoms with Crippen LogP contribution in [0.3, 0.4) is 0 Å². The number of rotatable bonds is 9. The Labute approximate surface area is 299 Å². The molecule has 1 aliphatic rings. The highest BCUT2D eigenvalue weighted by Gasteiger charge is 2.37. The number of carbonyl (C=O) groups excluding carboxylic acids is 2. The molecule has 0 unspecified atom stereocenters. The fraction of sp³-hybridized carbons (Fsp3) is 0.243. The molecule has 3 heterocycles. The van der Waals surface area contributed by atoms with Crippen molar-refractivity contribution in [3.8, 4) is 22.7 Å². The molecule has 5 aromatic rings. The van der Waals surface area contributed by atoms with Crippen LogP contribution in [-0.2, 0) is 25.8 Å². The molecule has 0 spiro atoms. The van der Waals surface area contributed by atoms with Gasteiger partial charge >= 0.3 is 11.9 Å². The van der Waals surface area contributed by atoms with Crippen molar-refractivity contribution in [2.75, 3.05) is 6.61 Å². The predicted molar refractivity (Wildman–Crippen MR) is 187 cm³/mol. The summed E-state index contributed by atoms with van der Waals surface area (Å²) < 4.78 is 49.2. The summed E-state index contributed by atoms with van der Waals surface area (Å²) in [4.78, 5) is 47.9. The van der Waals surface area contributed by atoms with Crippen LogP contribution in [0.25, 0.3) is 16.9 Å². The molecule has 0 saturated heterocycles. The van der Waals surface area contributed by atoms with Crippen molar-refractivity contribution in [2.24, 2.45) is 0 Å². The van der Waals surface area contributed by atoms with Crippen molar-refractivity contribution in [1.82, 2.24) is 24.3 Å². The summed E-state index contributed by atoms with van der Waals surface area (Å²) in [7, 11) is 0. The molecule has 2 amide bonds. The minimum absolute atomic E-state index is 0.00602. The van der Waals surface area contributed by atoms with Gasteiger partial charge in [-0.1, -0.05) is 46.3 Å². The zero-order chi connectivity index (χ0) is 36.4. The fourth-order valence-electron chi connectivity index (χ4n) is 6.02. The number of carbonyl (C=O) groups is 2. The Morgan fingerprint density at radius 1 is 1.06 bits per heavy atom. The van der Waals surface area contributed by atoms with Crippen LogP contribution in [0.1, 0.15) is 51.5 Å². The number of nitrogens with one attached hydrogen (secondary N) is 1. The summed E-state index contributed by atoms with van der Waals surface area (Å²) in [6.45, 7) is 3.18. The van der Waals surface area contributed by atoms with E-state index < -0.39 is 41.4 Å². The number of benzene rings is 3. The van der Waals surface area contributed by atoms with Gasteiger partial charge in [0.1, 0.15) is 18.1 Å². The molecule has 0 bridgehead atoms. The van der Waals surface area contributed by atoms with Crippen molar-refractivity contribution in [3.63, 3.8) is 0 Å². The summed E-state index contributed by atoms with van der Waals surface area (Å²) >= 11 is 2.92. The lowest BCUT2D eigenvalue weighted by Gasteiger charge is -2.34. The zero-order valence-corrected chi connectivity index (χ0v) is 29.1. The van der Waals surface area contributed by atoms with Gasteiger partial charge in [0.15, 0.2) is 0 Å². The number of ether oxygens (including phenoxy) is 1. The molecule has 2 N–H and O–H groups in total. The molecule has 0 aliphatic carbocycles. The molecule has 51 heavy (non-hydrogen) atoms. The molecule has 3 aromatic carbocycles. The van der Waals surface area contributed by atoms with Crippen molar-refractivity contribution in [2.45, 2.75) is 51.8 Å². The van der Waals surface area contributed by atoms with Crippen LogP contribution in [0.5, 0.6) is 5.75 Å². The van der Waals surface area contributed by atoms with E-state index in [9.17, 15) is 32.7 Å². The van der Waals surface area contributed by atoms with Crippen LogP contribution in [-0.4, -0.2) is 54.7 Å². The number of fused-ring (bicyclic) bond motifs is 1. The van der Waals surface area contributed by atoms with Gasteiger partial charge in [0, 0.05) is 40.9 Å². The maximum Gasteiger partial charge on any atom is 0.417 e. The van der Waals surface area contributed by atoms with Crippen LogP contribution in [0, 0.1) is 0 Å². The molecule has 10 nitrogen and oxygen atoms in total. The lowest BCUT2D eigenvalue weighted by molar-refractivity contribution is -0.138. The van der Waals surface area contributed by atoms with E-state index >= 15 is 0 Å². The number of aliphatic hydroxyl groups is 1. The molecule has 1 aliphatic heterocycles. The van der Waals surface area contributed by atoms with Gasteiger partial charge in [0.25, 0.3) is 11.8 Å². The molecule has 14 heteroatoms. The minimum atomic E-state index is -4.70. The standard InChI is InChI=1S/C37H33BrF3N5O5/c1-22-19-45-32(20-44(22)35(49)24-10-15-30(38)29(17-24)37(39,40)41)33(46(36(45)50)26-11-13-27(14-12-26)51-21-23(2)47)34(48)43-18-25-7-3-4-8-28(25)31-9-5-6-16-42-31/h3-17,22-23,47H,18-21H2,1-2H3,(H,43,48)/t22-,23+/m1/s1. The molecule has 264 valence electrons. The monoisotopic (exact) mass is 763 g/mol. The number of halogens is 4. The number of hydrogen-bond donors (Lipinski definition) is 2. The van der Waals surface area contributed by atoms with Crippen LogP contribution in [0.2, 0.25) is 0 Å². The van der Waals surface area contributed by atoms with Crippen molar-refractivity contribution in [3.05, 3.63) is 134 Å². The molecule has 0 radical (unpaired) electrons. The first kappa shape index (κ1) is 35.6. The zero-order valence-electron chi connectivity index (χ0n) is 27.5. The van der Waals surface area contributed by atoms with Gasteiger partial charge in [-0.25, -0.2) is 4.79 Å². The van der Waals surface area contributed by atoms with Gasteiger partial charge in [-0.3, -0.25) is 23.7 Å². The predicted octanol–water partition coefficient (Wildman–Crippen LogP) is 6.22. The van der Waals surface area contributed by atoms with E-state index in [1.807, 2.05) is 36.4 Å². The second-order valence-corrected chi connectivity index (χ2v) is 13.1. The number of hydrogen-bond acceptors (Lipinski definition) is 6. The summed E-state index contributed by atoms with van der Waals surface area (Å²) in [5, 5.41) is 12.5. The van der Waals surface area contributed by atoms with Crippen molar-refractivity contribution in [1.29, 1.82) is 0 Å². The van der Waals surface area contributed by atoms with Crippen molar-refractivity contribution < 1.29 is 32.6 Å². The highest BCUT2D eigenvalue weighted by atomic mass is 79.9. The van der Waals surface area contributed by atoms with Gasteiger partial charge in [-0.2, -0.15) is 13.2 Å². The van der Waals surface area contributed by atoms with Gasteiger partial charge in [0.2, 0.25) is 0 Å². The largest absolute Gasteiger partial charge is 0.491 e. The number of aliphatic hydroxyl groups excluding tert-OH is 1. The number of alkyl halides is 3. The van der Waals surface area contributed by atoms with E-state index in [2.05, 4.69) is 26.2 Å². The normalized spacial score (nSPS) is 14.9. The molecule has 0 fully saturated rings. The Hall–Kier alpha value is -5.21. The lowest BCUT2D eigenvalue weighted by Crippen LogP contribution is -2.47. The Bertz CT molecular complexity index is 2130. The number of nitrogens with zero attached hydrogens (tertiary/aromatic N) is 4. The first-order valence-corrected chi connectivity index (χ1v) is 16.8. The van der Waals surface area contributed by atoms with Gasteiger partial charge in [-0.15, -0.1) is 0 Å². The summed E-state index contributed by atoms with van der Waals surface area (Å²) in [5.74, 6) is -0.842. The summed E-state index contributed by atoms with van der Waals surface area (Å²) in [6.07, 6.45) is -3.73. The highest BCUT2D eigenvalue weighted by molar-refractivity contribution is 9.10. The van der Waals surface area contributed by atoms with Gasteiger partial charge < -0.3 is 20.1 Å². The first-order chi connectivity index (χ1) is 24.3. The van der Waals surface area contributed by atoms with Crippen molar-refractivity contribution >= 4 is 27.7 Å². The third-order valence-corrected chi connectivity index (χ3v) is 9.21. The second-order valence-electron chi connectivity index (χ2n) is 12.2. The smallest absolute Gasteiger partial charge is 0.417 e. The lowest BCUT2D eigenvalue weighted by atomic mass is 10.0. The molecular formula is C37H33BrF3N5O5. The van der Waals surface area contributed by atoms with Gasteiger partial charge in [-0.05, 0) is 74.0 Å². The van der Waals surface area contributed by atoms with Crippen LogP contribution in [0.4, 0.5) is 13.2 Å². The van der Waals surface area contributed by atoms with E-state index in [0.717, 1.165) is 17.2 Å². The first-order valence-electron chi connectivity index (χ1n) is 16.0. The van der Waals surface area contributed by atoms with Gasteiger partial charge in [0.05, 0.1) is 35.3 Å². The molecule has 2 atom stereocenters. The third kappa shape index (κ3) is 7.47. The molecule has 2 aromatic heterocycles. The average molecular weight is 765 g/mol. The molecule has 0 saturated carbocycles. The Morgan fingerprint density at radius 3 is 2.47 bits per heavy atom. The average Bonchev–Trinajstić information content (AvgIpc) is 3.40. The SMILES string of the molecule is C[C@H](O)COc1ccc(-n2c(C(=O)NCc3ccccc3-c3ccccn3)c3n(c2=O)C[C@@H](C)N(C(=O)c2ccc(Br)c(C(F)(F)F)c2)C3)cc1. The number of pyridine rings is 1. The van der Waals surface area contributed by atoms with E-state index in [1.54, 1.807) is 50.4 Å². The number of amides is 2. The second kappa shape index (κ2) is 14.6. The quantitative estimate of drug-likeness (QED) is 0.184. The summed E-state index contributed by atoms with van der Waals surface area (Å²) in [5.41, 5.74) is 1.14. The summed E-state index contributed by atoms with van der Waals surface area (Å²) in [6, 6.07) is 22.0. The maximum atomic E-state index is 14.2. The third-order valence-electron chi connectivity index (χ3n) is 8.52. The Balaban J connectivity index is 1.39. The minimum Gasteiger partial charge on any atom is -0.491 e. The fourth-order valence-corrected chi connectivity index (χ4v) is 6.49. The number of imidazole rings is 1. The Kier molecular flexibility index (Phi) is 10.2. The highest BCUT2D eigenvalue weighted by Crippen LogP contribution is 2.36. The number of aromatic nitrogens is 3. The molecule has 6 rings (SSSR count). The molecular weight excluding hydrogens is 731 g/mol. The van der Waals surface area contributed by atoms with E-state index in [1.165, 1.54) is 26.2 Å².